The summed E-state index contributed by atoms with van der Waals surface area (Å²) in [6.45, 7) is 8.25. The molecule has 0 aromatic carbocycles. The molecule has 0 spiro atoms. The fourth-order valence-corrected chi connectivity index (χ4v) is 3.94. The number of carbonyl (C=O) groups excluding carboxylic acids is 1. The number of hydrogen-bond acceptors (Lipinski definition) is 3. The van der Waals surface area contributed by atoms with E-state index >= 15 is 0 Å². The summed E-state index contributed by atoms with van der Waals surface area (Å²) in [6.07, 6.45) is 6.11. The SMILES string of the molecule is CNCC1CCCN(CC(=O)N2C(C)CCCC2C)C1. The van der Waals surface area contributed by atoms with E-state index in [0.29, 0.717) is 30.5 Å². The van der Waals surface area contributed by atoms with Crippen molar-refractivity contribution in [1.82, 2.24) is 15.1 Å². The fraction of sp³-hybridized carbons (Fsp3) is 0.938. The Balaban J connectivity index is 1.86. The number of amides is 1. The first kappa shape index (κ1) is 15.8. The van der Waals surface area contributed by atoms with E-state index < -0.39 is 0 Å². The van der Waals surface area contributed by atoms with Crippen LogP contribution in [0.3, 0.4) is 0 Å². The Kier molecular flexibility index (Phi) is 5.85. The van der Waals surface area contributed by atoms with Crippen LogP contribution < -0.4 is 5.32 Å². The van der Waals surface area contributed by atoms with Crippen LogP contribution in [0.2, 0.25) is 0 Å². The molecule has 2 rings (SSSR count). The summed E-state index contributed by atoms with van der Waals surface area (Å²) < 4.78 is 0. The van der Waals surface area contributed by atoms with Crippen molar-refractivity contribution in [3.05, 3.63) is 0 Å². The minimum atomic E-state index is 0.342. The zero-order valence-electron chi connectivity index (χ0n) is 13.4. The fourth-order valence-electron chi connectivity index (χ4n) is 3.94. The number of carbonyl (C=O) groups is 1. The lowest BCUT2D eigenvalue weighted by atomic mass is 9.96. The van der Waals surface area contributed by atoms with E-state index in [0.717, 1.165) is 19.6 Å². The molecular formula is C16H31N3O. The molecule has 0 aromatic heterocycles. The van der Waals surface area contributed by atoms with Gasteiger partial charge in [0.05, 0.1) is 6.54 Å². The first-order valence-electron chi connectivity index (χ1n) is 8.30. The molecule has 1 amide bonds. The van der Waals surface area contributed by atoms with E-state index in [-0.39, 0.29) is 0 Å². The first-order valence-corrected chi connectivity index (χ1v) is 8.30. The highest BCUT2D eigenvalue weighted by Crippen LogP contribution is 2.23. The van der Waals surface area contributed by atoms with Crippen LogP contribution in [0.25, 0.3) is 0 Å². The summed E-state index contributed by atoms with van der Waals surface area (Å²) in [5.41, 5.74) is 0. The molecule has 4 heteroatoms. The average Bonchev–Trinajstić information content (AvgIpc) is 2.39. The summed E-state index contributed by atoms with van der Waals surface area (Å²) >= 11 is 0. The second-order valence-corrected chi connectivity index (χ2v) is 6.73. The molecule has 2 saturated heterocycles. The highest BCUT2D eigenvalue weighted by Gasteiger charge is 2.30. The van der Waals surface area contributed by atoms with Gasteiger partial charge in [-0.15, -0.1) is 0 Å². The number of nitrogens with zero attached hydrogens (tertiary/aromatic N) is 2. The molecule has 0 radical (unpaired) electrons. The van der Waals surface area contributed by atoms with Gasteiger partial charge < -0.3 is 10.2 Å². The summed E-state index contributed by atoms with van der Waals surface area (Å²) in [6, 6.07) is 0.841. The van der Waals surface area contributed by atoms with Crippen molar-refractivity contribution < 1.29 is 4.79 Å². The van der Waals surface area contributed by atoms with Crippen molar-refractivity contribution in [1.29, 1.82) is 0 Å². The van der Waals surface area contributed by atoms with E-state index in [1.165, 1.54) is 32.1 Å². The topological polar surface area (TPSA) is 35.6 Å². The largest absolute Gasteiger partial charge is 0.336 e. The molecule has 3 unspecified atom stereocenters. The lowest BCUT2D eigenvalue weighted by Gasteiger charge is -2.41. The Morgan fingerprint density at radius 3 is 2.50 bits per heavy atom. The van der Waals surface area contributed by atoms with Crippen LogP contribution in [0.1, 0.15) is 46.0 Å². The van der Waals surface area contributed by atoms with Crippen LogP contribution in [0.15, 0.2) is 0 Å². The standard InChI is InChI=1S/C16H31N3O/c1-13-6-4-7-14(2)19(13)16(20)12-18-9-5-8-15(11-18)10-17-3/h13-15,17H,4-12H2,1-3H3. The Morgan fingerprint density at radius 1 is 1.15 bits per heavy atom. The zero-order chi connectivity index (χ0) is 14.5. The van der Waals surface area contributed by atoms with Crippen molar-refractivity contribution >= 4 is 5.91 Å². The van der Waals surface area contributed by atoms with Gasteiger partial charge in [0.1, 0.15) is 0 Å². The molecule has 2 aliphatic heterocycles. The Bertz CT molecular complexity index is 309. The molecule has 2 heterocycles. The Morgan fingerprint density at radius 2 is 1.85 bits per heavy atom. The Hall–Kier alpha value is -0.610. The number of rotatable bonds is 4. The summed E-state index contributed by atoms with van der Waals surface area (Å²) in [7, 11) is 2.02. The molecule has 2 aliphatic rings. The molecule has 1 N–H and O–H groups in total. The van der Waals surface area contributed by atoms with Gasteiger partial charge in [-0.3, -0.25) is 9.69 Å². The van der Waals surface area contributed by atoms with Gasteiger partial charge in [-0.25, -0.2) is 0 Å². The maximum absolute atomic E-state index is 12.6. The minimum Gasteiger partial charge on any atom is -0.336 e. The average molecular weight is 281 g/mol. The van der Waals surface area contributed by atoms with Crippen LogP contribution >= 0.6 is 0 Å². The number of nitrogens with one attached hydrogen (secondary N) is 1. The van der Waals surface area contributed by atoms with Crippen molar-refractivity contribution in [2.45, 2.75) is 58.0 Å². The summed E-state index contributed by atoms with van der Waals surface area (Å²) in [5, 5.41) is 3.27. The normalized spacial score (nSPS) is 32.4. The summed E-state index contributed by atoms with van der Waals surface area (Å²) in [5.74, 6) is 1.05. The van der Waals surface area contributed by atoms with Crippen molar-refractivity contribution in [2.24, 2.45) is 5.92 Å². The van der Waals surface area contributed by atoms with Gasteiger partial charge in [0.15, 0.2) is 0 Å². The van der Waals surface area contributed by atoms with Gasteiger partial charge in [0.25, 0.3) is 0 Å². The lowest BCUT2D eigenvalue weighted by Crippen LogP contribution is -2.52. The van der Waals surface area contributed by atoms with Gasteiger partial charge in [-0.2, -0.15) is 0 Å². The lowest BCUT2D eigenvalue weighted by molar-refractivity contribution is -0.138. The molecule has 0 aliphatic carbocycles. The van der Waals surface area contributed by atoms with Gasteiger partial charge in [0.2, 0.25) is 5.91 Å². The minimum absolute atomic E-state index is 0.342. The smallest absolute Gasteiger partial charge is 0.237 e. The molecule has 0 bridgehead atoms. The van der Waals surface area contributed by atoms with Crippen LogP contribution in [0.5, 0.6) is 0 Å². The van der Waals surface area contributed by atoms with Crippen LogP contribution in [0.4, 0.5) is 0 Å². The molecule has 4 nitrogen and oxygen atoms in total. The van der Waals surface area contributed by atoms with Gasteiger partial charge in [-0.1, -0.05) is 0 Å². The molecule has 0 aromatic rings. The predicted octanol–water partition coefficient (Wildman–Crippen LogP) is 1.71. The van der Waals surface area contributed by atoms with E-state index in [2.05, 4.69) is 29.0 Å². The van der Waals surface area contributed by atoms with Crippen LogP contribution in [-0.2, 0) is 4.79 Å². The predicted molar refractivity (Wildman–Crippen MR) is 82.7 cm³/mol. The third-order valence-electron chi connectivity index (χ3n) is 4.94. The van der Waals surface area contributed by atoms with E-state index in [4.69, 9.17) is 0 Å². The third kappa shape index (κ3) is 3.95. The molecular weight excluding hydrogens is 250 g/mol. The monoisotopic (exact) mass is 281 g/mol. The van der Waals surface area contributed by atoms with Gasteiger partial charge in [0, 0.05) is 18.6 Å². The number of piperidine rings is 2. The van der Waals surface area contributed by atoms with Crippen molar-refractivity contribution in [2.75, 3.05) is 33.2 Å². The highest BCUT2D eigenvalue weighted by atomic mass is 16.2. The molecule has 3 atom stereocenters. The van der Waals surface area contributed by atoms with E-state index in [1.54, 1.807) is 0 Å². The molecule has 20 heavy (non-hydrogen) atoms. The first-order chi connectivity index (χ1) is 9.61. The third-order valence-corrected chi connectivity index (χ3v) is 4.94. The van der Waals surface area contributed by atoms with Crippen LogP contribution in [-0.4, -0.2) is 61.0 Å². The molecule has 2 fully saturated rings. The van der Waals surface area contributed by atoms with E-state index in [1.807, 2.05) is 7.05 Å². The quantitative estimate of drug-likeness (QED) is 0.852. The number of likely N-dealkylation sites (tertiary alicyclic amines) is 2. The van der Waals surface area contributed by atoms with Gasteiger partial charge in [-0.05, 0) is 72.0 Å². The second kappa shape index (κ2) is 7.41. The van der Waals surface area contributed by atoms with E-state index in [9.17, 15) is 4.79 Å². The molecule has 116 valence electrons. The zero-order valence-corrected chi connectivity index (χ0v) is 13.4. The van der Waals surface area contributed by atoms with Crippen LogP contribution in [0, 0.1) is 5.92 Å². The Labute approximate surface area is 123 Å². The second-order valence-electron chi connectivity index (χ2n) is 6.73. The van der Waals surface area contributed by atoms with Crippen molar-refractivity contribution in [3.8, 4) is 0 Å². The van der Waals surface area contributed by atoms with Crippen molar-refractivity contribution in [3.63, 3.8) is 0 Å². The summed E-state index contributed by atoms with van der Waals surface area (Å²) in [4.78, 5) is 17.1. The number of hydrogen-bond donors (Lipinski definition) is 1. The maximum atomic E-state index is 12.6. The maximum Gasteiger partial charge on any atom is 0.237 e. The molecule has 0 saturated carbocycles. The highest BCUT2D eigenvalue weighted by molar-refractivity contribution is 5.79. The van der Waals surface area contributed by atoms with Gasteiger partial charge >= 0.3 is 0 Å².